The van der Waals surface area contributed by atoms with Gasteiger partial charge in [0.1, 0.15) is 5.82 Å². The molecule has 1 aliphatic heterocycles. The van der Waals surface area contributed by atoms with Crippen LogP contribution in [-0.2, 0) is 6.54 Å². The van der Waals surface area contributed by atoms with Gasteiger partial charge in [0.15, 0.2) is 0 Å². The van der Waals surface area contributed by atoms with E-state index in [1.165, 1.54) is 5.56 Å². The van der Waals surface area contributed by atoms with Gasteiger partial charge in [0.2, 0.25) is 0 Å². The van der Waals surface area contributed by atoms with E-state index in [4.69, 9.17) is 0 Å². The predicted molar refractivity (Wildman–Crippen MR) is 95.9 cm³/mol. The van der Waals surface area contributed by atoms with Gasteiger partial charge in [0, 0.05) is 12.6 Å². The second-order valence-electron chi connectivity index (χ2n) is 6.53. The second-order valence-corrected chi connectivity index (χ2v) is 6.53. The number of nitrogens with zero attached hydrogens (tertiary/aromatic N) is 2. The van der Waals surface area contributed by atoms with Crippen molar-refractivity contribution in [1.82, 2.24) is 14.5 Å². The molecule has 128 valence electrons. The van der Waals surface area contributed by atoms with Crippen LogP contribution in [0.5, 0.6) is 0 Å². The van der Waals surface area contributed by atoms with E-state index in [9.17, 15) is 9.59 Å². The van der Waals surface area contributed by atoms with Crippen molar-refractivity contribution >= 4 is 5.82 Å². The lowest BCUT2D eigenvalue weighted by molar-refractivity contribution is 0.200. The maximum Gasteiger partial charge on any atom is 0.334 e. The number of H-pyrrole nitrogens is 1. The molecule has 0 bridgehead atoms. The molecule has 1 aromatic carbocycles. The molecule has 3 rings (SSSR count). The smallest absolute Gasteiger partial charge is 0.334 e. The quantitative estimate of drug-likeness (QED) is 0.905. The zero-order valence-electron chi connectivity index (χ0n) is 14.6. The summed E-state index contributed by atoms with van der Waals surface area (Å²) in [5, 5.41) is 3.28. The Kier molecular flexibility index (Phi) is 4.32. The summed E-state index contributed by atoms with van der Waals surface area (Å²) in [5.41, 5.74) is 2.93. The number of hydrogen-bond acceptors (Lipinski definition) is 4. The fourth-order valence-corrected chi connectivity index (χ4v) is 3.02. The summed E-state index contributed by atoms with van der Waals surface area (Å²) in [7, 11) is 0. The highest BCUT2D eigenvalue weighted by atomic mass is 16.2. The van der Waals surface area contributed by atoms with Gasteiger partial charge in [0.05, 0.1) is 17.9 Å². The fourth-order valence-electron chi connectivity index (χ4n) is 3.02. The van der Waals surface area contributed by atoms with E-state index in [0.29, 0.717) is 30.6 Å². The molecule has 1 atom stereocenters. The maximum atomic E-state index is 12.4. The van der Waals surface area contributed by atoms with Crippen LogP contribution in [-0.4, -0.2) is 27.2 Å². The third-order valence-corrected chi connectivity index (χ3v) is 4.98. The first-order valence-electron chi connectivity index (χ1n) is 8.36. The van der Waals surface area contributed by atoms with E-state index >= 15 is 0 Å². The molecule has 0 spiro atoms. The van der Waals surface area contributed by atoms with Crippen LogP contribution in [0.25, 0.3) is 5.69 Å². The Bertz CT molecular complexity index is 882. The van der Waals surface area contributed by atoms with Gasteiger partial charge < -0.3 is 5.32 Å². The van der Waals surface area contributed by atoms with Crippen molar-refractivity contribution in [3.8, 4) is 5.69 Å². The number of aromatic amines is 1. The van der Waals surface area contributed by atoms with Crippen molar-refractivity contribution in [2.24, 2.45) is 0 Å². The maximum absolute atomic E-state index is 12.4. The number of hydrogen-bond donors (Lipinski definition) is 2. The number of aromatic nitrogens is 2. The van der Waals surface area contributed by atoms with Crippen LogP contribution in [0.15, 0.2) is 27.8 Å². The number of benzene rings is 1. The zero-order valence-corrected chi connectivity index (χ0v) is 14.6. The molecule has 2 N–H and O–H groups in total. The van der Waals surface area contributed by atoms with Gasteiger partial charge >= 0.3 is 5.69 Å². The molecule has 0 amide bonds. The highest BCUT2D eigenvalue weighted by Crippen LogP contribution is 2.23. The van der Waals surface area contributed by atoms with Gasteiger partial charge in [-0.2, -0.15) is 0 Å². The largest absolute Gasteiger partial charge is 0.358 e. The molecule has 0 radical (unpaired) electrons. The van der Waals surface area contributed by atoms with Crippen LogP contribution in [0, 0.1) is 13.8 Å². The van der Waals surface area contributed by atoms with Crippen LogP contribution in [0.2, 0.25) is 0 Å². The Hall–Kier alpha value is -2.34. The Morgan fingerprint density at radius 1 is 1.21 bits per heavy atom. The number of rotatable bonds is 3. The number of aryl methyl sites for hydroxylation is 2. The third-order valence-electron chi connectivity index (χ3n) is 4.98. The van der Waals surface area contributed by atoms with Crippen molar-refractivity contribution in [3.63, 3.8) is 0 Å². The fraction of sp³-hybridized carbons (Fsp3) is 0.444. The van der Waals surface area contributed by atoms with E-state index in [-0.39, 0.29) is 5.56 Å². The predicted octanol–water partition coefficient (Wildman–Crippen LogP) is 2.13. The van der Waals surface area contributed by atoms with Gasteiger partial charge in [-0.1, -0.05) is 13.0 Å². The Morgan fingerprint density at radius 2 is 1.96 bits per heavy atom. The minimum atomic E-state index is -0.411. The highest BCUT2D eigenvalue weighted by Gasteiger charge is 2.25. The summed E-state index contributed by atoms with van der Waals surface area (Å²) in [6.07, 6.45) is 1.01. The van der Waals surface area contributed by atoms with Crippen molar-refractivity contribution < 1.29 is 0 Å². The molecular formula is C18H24N4O2. The number of anilines is 1. The van der Waals surface area contributed by atoms with Crippen LogP contribution in [0.3, 0.4) is 0 Å². The Labute approximate surface area is 141 Å². The summed E-state index contributed by atoms with van der Waals surface area (Å²) in [5.74, 6) is 0.603. The van der Waals surface area contributed by atoms with Gasteiger partial charge in [-0.15, -0.1) is 0 Å². The van der Waals surface area contributed by atoms with Crippen molar-refractivity contribution in [2.45, 2.75) is 46.7 Å². The molecule has 6 heteroatoms. The standard InChI is InChI=1S/C18H24N4O2/c1-5-13(4)21-9-15-16(19-10-21)22(18(24)20-17(15)23)14-7-6-11(2)12(3)8-14/h6-8,13,19H,5,9-10H2,1-4H3,(H,20,23,24)/t13-/m1/s1. The molecule has 6 nitrogen and oxygen atoms in total. The third kappa shape index (κ3) is 2.78. The molecule has 0 fully saturated rings. The minimum Gasteiger partial charge on any atom is -0.358 e. The minimum absolute atomic E-state index is 0.310. The topological polar surface area (TPSA) is 70.1 Å². The number of fused-ring (bicyclic) bond motifs is 1. The molecule has 1 aromatic heterocycles. The normalized spacial score (nSPS) is 15.7. The van der Waals surface area contributed by atoms with E-state index in [1.807, 2.05) is 32.0 Å². The molecule has 24 heavy (non-hydrogen) atoms. The van der Waals surface area contributed by atoms with E-state index in [1.54, 1.807) is 4.57 Å². The Morgan fingerprint density at radius 3 is 2.62 bits per heavy atom. The summed E-state index contributed by atoms with van der Waals surface area (Å²) < 4.78 is 1.57. The van der Waals surface area contributed by atoms with Crippen LogP contribution in [0.4, 0.5) is 5.82 Å². The second kappa shape index (κ2) is 6.28. The summed E-state index contributed by atoms with van der Waals surface area (Å²) in [4.78, 5) is 29.4. The highest BCUT2D eigenvalue weighted by molar-refractivity contribution is 5.53. The van der Waals surface area contributed by atoms with E-state index in [0.717, 1.165) is 17.7 Å². The van der Waals surface area contributed by atoms with Gasteiger partial charge in [-0.25, -0.2) is 9.36 Å². The molecule has 1 aliphatic rings. The van der Waals surface area contributed by atoms with Gasteiger partial charge in [-0.05, 0) is 50.5 Å². The molecule has 0 saturated carbocycles. The lowest BCUT2D eigenvalue weighted by atomic mass is 10.1. The zero-order chi connectivity index (χ0) is 17.4. The van der Waals surface area contributed by atoms with Crippen LogP contribution in [0.1, 0.15) is 37.0 Å². The first-order chi connectivity index (χ1) is 11.4. The Balaban J connectivity index is 2.14. The molecule has 2 heterocycles. The van der Waals surface area contributed by atoms with Crippen molar-refractivity contribution in [3.05, 3.63) is 55.7 Å². The molecular weight excluding hydrogens is 304 g/mol. The van der Waals surface area contributed by atoms with E-state index < -0.39 is 5.69 Å². The first-order valence-corrected chi connectivity index (χ1v) is 8.36. The molecule has 2 aromatic rings. The van der Waals surface area contributed by atoms with Gasteiger partial charge in [0.25, 0.3) is 5.56 Å². The van der Waals surface area contributed by atoms with Crippen molar-refractivity contribution in [2.75, 3.05) is 12.0 Å². The number of nitrogens with one attached hydrogen (secondary N) is 2. The average molecular weight is 328 g/mol. The SMILES string of the molecule is CC[C@@H](C)N1CNc2c(c(=O)[nH]c(=O)n2-c2ccc(C)c(C)c2)C1. The lowest BCUT2D eigenvalue weighted by Gasteiger charge is -2.34. The van der Waals surface area contributed by atoms with E-state index in [2.05, 4.69) is 29.0 Å². The summed E-state index contributed by atoms with van der Waals surface area (Å²) in [6.45, 7) is 9.47. The average Bonchev–Trinajstić information content (AvgIpc) is 2.57. The van der Waals surface area contributed by atoms with Gasteiger partial charge in [-0.3, -0.25) is 14.7 Å². The summed E-state index contributed by atoms with van der Waals surface area (Å²) in [6, 6.07) is 6.23. The van der Waals surface area contributed by atoms with Crippen LogP contribution >= 0.6 is 0 Å². The van der Waals surface area contributed by atoms with Crippen molar-refractivity contribution in [1.29, 1.82) is 0 Å². The lowest BCUT2D eigenvalue weighted by Crippen LogP contribution is -2.45. The first kappa shape index (κ1) is 16.5. The summed E-state index contributed by atoms with van der Waals surface area (Å²) >= 11 is 0. The molecule has 0 saturated heterocycles. The molecule has 0 unspecified atom stereocenters. The molecule has 0 aliphatic carbocycles. The monoisotopic (exact) mass is 328 g/mol. The van der Waals surface area contributed by atoms with Crippen LogP contribution < -0.4 is 16.6 Å².